The number of amides is 1. The SMILES string of the molecule is CC(C)C(C)S(=O)(=O)CCC(=O)Nc1ccc(N)cc1. The Labute approximate surface area is 120 Å². The van der Waals surface area contributed by atoms with E-state index in [1.165, 1.54) is 0 Å². The normalized spacial score (nSPS) is 13.2. The summed E-state index contributed by atoms with van der Waals surface area (Å²) < 4.78 is 24.0. The summed E-state index contributed by atoms with van der Waals surface area (Å²) in [7, 11) is -3.23. The van der Waals surface area contributed by atoms with Crippen LogP contribution < -0.4 is 11.1 Å². The second-order valence-electron chi connectivity index (χ2n) is 5.24. The van der Waals surface area contributed by atoms with Gasteiger partial charge in [0, 0.05) is 17.8 Å². The number of benzene rings is 1. The Balaban J connectivity index is 2.53. The molecular formula is C14H22N2O3S. The van der Waals surface area contributed by atoms with Crippen molar-refractivity contribution in [3.05, 3.63) is 24.3 Å². The third kappa shape index (κ3) is 4.85. The zero-order valence-electron chi connectivity index (χ0n) is 12.1. The van der Waals surface area contributed by atoms with Gasteiger partial charge in [0.2, 0.25) is 5.91 Å². The van der Waals surface area contributed by atoms with E-state index in [1.807, 2.05) is 13.8 Å². The zero-order chi connectivity index (χ0) is 15.3. The molecule has 0 saturated carbocycles. The summed E-state index contributed by atoms with van der Waals surface area (Å²) >= 11 is 0. The van der Waals surface area contributed by atoms with E-state index in [-0.39, 0.29) is 24.0 Å². The molecule has 5 nitrogen and oxygen atoms in total. The highest BCUT2D eigenvalue weighted by Crippen LogP contribution is 2.14. The summed E-state index contributed by atoms with van der Waals surface area (Å²) in [6, 6.07) is 6.71. The first-order chi connectivity index (χ1) is 9.22. The van der Waals surface area contributed by atoms with Crippen LogP contribution in [0.1, 0.15) is 27.2 Å². The molecule has 1 rings (SSSR count). The van der Waals surface area contributed by atoms with Crippen molar-refractivity contribution < 1.29 is 13.2 Å². The van der Waals surface area contributed by atoms with Gasteiger partial charge >= 0.3 is 0 Å². The van der Waals surface area contributed by atoms with E-state index >= 15 is 0 Å². The summed E-state index contributed by atoms with van der Waals surface area (Å²) in [5.74, 6) is -0.401. The van der Waals surface area contributed by atoms with Gasteiger partial charge in [-0.05, 0) is 37.1 Å². The van der Waals surface area contributed by atoms with Crippen molar-refractivity contribution in [2.45, 2.75) is 32.4 Å². The van der Waals surface area contributed by atoms with E-state index in [0.717, 1.165) is 0 Å². The lowest BCUT2D eigenvalue weighted by atomic mass is 10.2. The molecule has 112 valence electrons. The van der Waals surface area contributed by atoms with Crippen molar-refractivity contribution >= 4 is 27.1 Å². The van der Waals surface area contributed by atoms with Gasteiger partial charge in [0.05, 0.1) is 11.0 Å². The largest absolute Gasteiger partial charge is 0.399 e. The van der Waals surface area contributed by atoms with Crippen LogP contribution in [0.4, 0.5) is 11.4 Å². The maximum atomic E-state index is 12.0. The average molecular weight is 298 g/mol. The second-order valence-corrected chi connectivity index (χ2v) is 7.71. The van der Waals surface area contributed by atoms with Crippen molar-refractivity contribution in [2.24, 2.45) is 5.92 Å². The van der Waals surface area contributed by atoms with E-state index in [4.69, 9.17) is 5.73 Å². The van der Waals surface area contributed by atoms with Crippen LogP contribution in [-0.4, -0.2) is 25.3 Å². The minimum absolute atomic E-state index is 0.0379. The Morgan fingerprint density at radius 3 is 2.25 bits per heavy atom. The quantitative estimate of drug-likeness (QED) is 0.787. The Morgan fingerprint density at radius 2 is 1.75 bits per heavy atom. The molecule has 1 aromatic carbocycles. The van der Waals surface area contributed by atoms with Crippen molar-refractivity contribution in [1.29, 1.82) is 0 Å². The van der Waals surface area contributed by atoms with Gasteiger partial charge in [-0.25, -0.2) is 8.42 Å². The lowest BCUT2D eigenvalue weighted by Gasteiger charge is -2.16. The van der Waals surface area contributed by atoms with Crippen molar-refractivity contribution in [3.63, 3.8) is 0 Å². The smallest absolute Gasteiger partial charge is 0.225 e. The van der Waals surface area contributed by atoms with E-state index in [9.17, 15) is 13.2 Å². The molecular weight excluding hydrogens is 276 g/mol. The predicted molar refractivity (Wildman–Crippen MR) is 82.2 cm³/mol. The highest BCUT2D eigenvalue weighted by molar-refractivity contribution is 7.92. The molecule has 1 aromatic rings. The average Bonchev–Trinajstić information content (AvgIpc) is 2.38. The lowest BCUT2D eigenvalue weighted by molar-refractivity contribution is -0.115. The molecule has 0 aliphatic heterocycles. The minimum Gasteiger partial charge on any atom is -0.399 e. The standard InChI is InChI=1S/C14H22N2O3S/c1-10(2)11(3)20(18,19)9-8-14(17)16-13-6-4-12(15)5-7-13/h4-7,10-11H,8-9,15H2,1-3H3,(H,16,17). The number of nitrogen functional groups attached to an aromatic ring is 1. The van der Waals surface area contributed by atoms with Crippen LogP contribution in [0, 0.1) is 5.92 Å². The lowest BCUT2D eigenvalue weighted by Crippen LogP contribution is -2.28. The van der Waals surface area contributed by atoms with Gasteiger partial charge in [-0.3, -0.25) is 4.79 Å². The summed E-state index contributed by atoms with van der Waals surface area (Å²) in [6.07, 6.45) is -0.0379. The van der Waals surface area contributed by atoms with Gasteiger partial charge in [0.1, 0.15) is 0 Å². The third-order valence-corrected chi connectivity index (χ3v) is 5.76. The van der Waals surface area contributed by atoms with Gasteiger partial charge in [-0.2, -0.15) is 0 Å². The predicted octanol–water partition coefficient (Wildman–Crippen LogP) is 2.06. The number of hydrogen-bond donors (Lipinski definition) is 2. The van der Waals surface area contributed by atoms with Gasteiger partial charge in [-0.15, -0.1) is 0 Å². The highest BCUT2D eigenvalue weighted by Gasteiger charge is 2.24. The Kier molecular flexibility index (Phi) is 5.56. The van der Waals surface area contributed by atoms with Crippen LogP contribution in [0.15, 0.2) is 24.3 Å². The van der Waals surface area contributed by atoms with Crippen LogP contribution in [0.2, 0.25) is 0 Å². The maximum Gasteiger partial charge on any atom is 0.225 e. The fourth-order valence-corrected chi connectivity index (χ4v) is 3.30. The van der Waals surface area contributed by atoms with Gasteiger partial charge in [0.15, 0.2) is 9.84 Å². The summed E-state index contributed by atoms with van der Waals surface area (Å²) in [6.45, 7) is 5.39. The number of rotatable bonds is 6. The molecule has 0 aliphatic rings. The number of nitrogens with one attached hydrogen (secondary N) is 1. The minimum atomic E-state index is -3.23. The van der Waals surface area contributed by atoms with E-state index in [0.29, 0.717) is 11.4 Å². The second kappa shape index (κ2) is 6.74. The molecule has 0 saturated heterocycles. The van der Waals surface area contributed by atoms with Gasteiger partial charge in [0.25, 0.3) is 0 Å². The van der Waals surface area contributed by atoms with E-state index in [1.54, 1.807) is 31.2 Å². The van der Waals surface area contributed by atoms with E-state index < -0.39 is 15.1 Å². The van der Waals surface area contributed by atoms with Crippen molar-refractivity contribution in [2.75, 3.05) is 16.8 Å². The van der Waals surface area contributed by atoms with Crippen molar-refractivity contribution in [3.8, 4) is 0 Å². The number of nitrogens with two attached hydrogens (primary N) is 1. The first-order valence-electron chi connectivity index (χ1n) is 6.59. The zero-order valence-corrected chi connectivity index (χ0v) is 12.9. The molecule has 20 heavy (non-hydrogen) atoms. The topological polar surface area (TPSA) is 89.3 Å². The monoisotopic (exact) mass is 298 g/mol. The number of hydrogen-bond acceptors (Lipinski definition) is 4. The molecule has 0 aliphatic carbocycles. The summed E-state index contributed by atoms with van der Waals surface area (Å²) in [5, 5.41) is 2.21. The number of carbonyl (C=O) groups excluding carboxylic acids is 1. The fourth-order valence-electron chi connectivity index (χ4n) is 1.63. The molecule has 0 radical (unpaired) electrons. The first-order valence-corrected chi connectivity index (χ1v) is 8.31. The van der Waals surface area contributed by atoms with E-state index in [2.05, 4.69) is 5.32 Å². The van der Waals surface area contributed by atoms with Gasteiger partial charge < -0.3 is 11.1 Å². The molecule has 0 fully saturated rings. The van der Waals surface area contributed by atoms with Crippen molar-refractivity contribution in [1.82, 2.24) is 0 Å². The molecule has 1 unspecified atom stereocenters. The summed E-state index contributed by atoms with van der Waals surface area (Å²) in [5.41, 5.74) is 6.76. The Bertz CT molecular complexity index is 550. The van der Waals surface area contributed by atoms with Crippen LogP contribution in [-0.2, 0) is 14.6 Å². The van der Waals surface area contributed by atoms with Crippen LogP contribution in [0.5, 0.6) is 0 Å². The third-order valence-electron chi connectivity index (χ3n) is 3.31. The molecule has 6 heteroatoms. The molecule has 0 heterocycles. The van der Waals surface area contributed by atoms with Crippen LogP contribution in [0.25, 0.3) is 0 Å². The molecule has 1 atom stereocenters. The number of carbonyl (C=O) groups is 1. The first kappa shape index (κ1) is 16.5. The van der Waals surface area contributed by atoms with Gasteiger partial charge in [-0.1, -0.05) is 13.8 Å². The molecule has 1 amide bonds. The molecule has 0 spiro atoms. The molecule has 0 aromatic heterocycles. The summed E-state index contributed by atoms with van der Waals surface area (Å²) in [4.78, 5) is 11.7. The van der Waals surface area contributed by atoms with Crippen LogP contribution >= 0.6 is 0 Å². The molecule has 3 N–H and O–H groups in total. The van der Waals surface area contributed by atoms with Crippen LogP contribution in [0.3, 0.4) is 0 Å². The maximum absolute atomic E-state index is 12.0. The molecule has 0 bridgehead atoms. The fraction of sp³-hybridized carbons (Fsp3) is 0.500. The number of sulfone groups is 1. The Hall–Kier alpha value is -1.56. The highest BCUT2D eigenvalue weighted by atomic mass is 32.2. The number of anilines is 2. The Morgan fingerprint density at radius 1 is 1.20 bits per heavy atom.